The van der Waals surface area contributed by atoms with E-state index in [1.807, 2.05) is 12.1 Å². The average molecular weight is 373 g/mol. The Bertz CT molecular complexity index is 1070. The zero-order valence-corrected chi connectivity index (χ0v) is 14.2. The molecule has 0 unspecified atom stereocenters. The van der Waals surface area contributed by atoms with Crippen molar-refractivity contribution in [3.8, 4) is 11.3 Å². The molecule has 2 heterocycles. The van der Waals surface area contributed by atoms with Gasteiger partial charge in [0.25, 0.3) is 5.91 Å². The number of furan rings is 1. The van der Waals surface area contributed by atoms with E-state index in [9.17, 15) is 9.18 Å². The molecule has 0 radical (unpaired) electrons. The highest BCUT2D eigenvalue weighted by atomic mass is 35.5. The SMILES string of the molecule is O=C(Nc1nc2ccc(F)cc2s1)c1ccc(-c2ccc(Cl)cc2)o1. The number of carbonyl (C=O) groups is 1. The van der Waals surface area contributed by atoms with Gasteiger partial charge in [-0.2, -0.15) is 0 Å². The molecule has 7 heteroatoms. The van der Waals surface area contributed by atoms with Gasteiger partial charge in [0.2, 0.25) is 0 Å². The average Bonchev–Trinajstić information content (AvgIpc) is 3.21. The molecule has 2 aromatic heterocycles. The van der Waals surface area contributed by atoms with Crippen LogP contribution in [0.1, 0.15) is 10.6 Å². The third kappa shape index (κ3) is 3.26. The van der Waals surface area contributed by atoms with E-state index in [4.69, 9.17) is 16.0 Å². The van der Waals surface area contributed by atoms with E-state index in [1.54, 1.807) is 30.3 Å². The zero-order chi connectivity index (χ0) is 17.4. The van der Waals surface area contributed by atoms with Crippen LogP contribution >= 0.6 is 22.9 Å². The van der Waals surface area contributed by atoms with Gasteiger partial charge in [0.1, 0.15) is 11.6 Å². The van der Waals surface area contributed by atoms with Crippen molar-refractivity contribution < 1.29 is 13.6 Å². The van der Waals surface area contributed by atoms with E-state index in [-0.39, 0.29) is 11.6 Å². The van der Waals surface area contributed by atoms with E-state index in [0.29, 0.717) is 26.1 Å². The Hall–Kier alpha value is -2.70. The molecule has 124 valence electrons. The summed E-state index contributed by atoms with van der Waals surface area (Å²) in [5, 5.41) is 3.68. The Morgan fingerprint density at radius 2 is 1.92 bits per heavy atom. The van der Waals surface area contributed by atoms with Crippen LogP contribution in [0, 0.1) is 5.82 Å². The van der Waals surface area contributed by atoms with Crippen molar-refractivity contribution in [3.05, 3.63) is 71.2 Å². The molecular weight excluding hydrogens is 363 g/mol. The first-order valence-electron chi connectivity index (χ1n) is 7.32. The van der Waals surface area contributed by atoms with Gasteiger partial charge in [-0.15, -0.1) is 0 Å². The molecule has 1 amide bonds. The lowest BCUT2D eigenvalue weighted by atomic mass is 10.2. The van der Waals surface area contributed by atoms with Crippen molar-refractivity contribution in [2.24, 2.45) is 0 Å². The number of benzene rings is 2. The predicted molar refractivity (Wildman–Crippen MR) is 96.7 cm³/mol. The number of rotatable bonds is 3. The number of amides is 1. The first-order valence-corrected chi connectivity index (χ1v) is 8.51. The van der Waals surface area contributed by atoms with Gasteiger partial charge in [0, 0.05) is 10.6 Å². The maximum atomic E-state index is 13.2. The topological polar surface area (TPSA) is 55.1 Å². The van der Waals surface area contributed by atoms with E-state index in [0.717, 1.165) is 5.56 Å². The number of carbonyl (C=O) groups excluding carboxylic acids is 1. The van der Waals surface area contributed by atoms with Gasteiger partial charge in [0.15, 0.2) is 10.9 Å². The smallest absolute Gasteiger partial charge is 0.293 e. The summed E-state index contributed by atoms with van der Waals surface area (Å²) in [7, 11) is 0. The second-order valence-corrected chi connectivity index (χ2v) is 6.72. The maximum absolute atomic E-state index is 13.2. The maximum Gasteiger partial charge on any atom is 0.293 e. The van der Waals surface area contributed by atoms with Gasteiger partial charge in [-0.25, -0.2) is 9.37 Å². The fourth-order valence-corrected chi connectivity index (χ4v) is 3.35. The van der Waals surface area contributed by atoms with Crippen LogP contribution in [0.3, 0.4) is 0 Å². The minimum absolute atomic E-state index is 0.162. The molecule has 1 N–H and O–H groups in total. The number of hydrogen-bond donors (Lipinski definition) is 1. The van der Waals surface area contributed by atoms with Crippen LogP contribution in [-0.4, -0.2) is 10.9 Å². The molecule has 0 fully saturated rings. The van der Waals surface area contributed by atoms with Gasteiger partial charge in [-0.1, -0.05) is 22.9 Å². The summed E-state index contributed by atoms with van der Waals surface area (Å²) in [6, 6.07) is 14.7. The summed E-state index contributed by atoms with van der Waals surface area (Å²) in [5.74, 6) is -0.0315. The van der Waals surface area contributed by atoms with Crippen LogP contribution in [-0.2, 0) is 0 Å². The predicted octanol–water partition coefficient (Wildman–Crippen LogP) is 5.60. The molecule has 4 aromatic rings. The lowest BCUT2D eigenvalue weighted by Crippen LogP contribution is -2.10. The number of fused-ring (bicyclic) bond motifs is 1. The van der Waals surface area contributed by atoms with Crippen LogP contribution in [0.25, 0.3) is 21.5 Å². The largest absolute Gasteiger partial charge is 0.451 e. The van der Waals surface area contributed by atoms with Crippen LogP contribution in [0.2, 0.25) is 5.02 Å². The van der Waals surface area contributed by atoms with Crippen molar-refractivity contribution in [2.75, 3.05) is 5.32 Å². The monoisotopic (exact) mass is 372 g/mol. The van der Waals surface area contributed by atoms with E-state index < -0.39 is 5.91 Å². The molecule has 4 rings (SSSR count). The summed E-state index contributed by atoms with van der Waals surface area (Å²) in [6.07, 6.45) is 0. The highest BCUT2D eigenvalue weighted by molar-refractivity contribution is 7.22. The van der Waals surface area contributed by atoms with Gasteiger partial charge < -0.3 is 4.42 Å². The fourth-order valence-electron chi connectivity index (χ4n) is 2.34. The lowest BCUT2D eigenvalue weighted by molar-refractivity contribution is 0.0997. The summed E-state index contributed by atoms with van der Waals surface area (Å²) in [6.45, 7) is 0. The molecule has 0 aliphatic rings. The Balaban J connectivity index is 1.55. The minimum Gasteiger partial charge on any atom is -0.451 e. The number of halogens is 2. The highest BCUT2D eigenvalue weighted by Gasteiger charge is 2.15. The Morgan fingerprint density at radius 1 is 1.12 bits per heavy atom. The highest BCUT2D eigenvalue weighted by Crippen LogP contribution is 2.28. The summed E-state index contributed by atoms with van der Waals surface area (Å²) in [5.41, 5.74) is 1.45. The molecule has 25 heavy (non-hydrogen) atoms. The molecular formula is C18H10ClFN2O2S. The van der Waals surface area contributed by atoms with Crippen LogP contribution in [0.15, 0.2) is 59.0 Å². The standard InChI is InChI=1S/C18H10ClFN2O2S/c19-11-3-1-10(2-4-11)14-7-8-15(24-14)17(23)22-18-21-13-6-5-12(20)9-16(13)25-18/h1-9H,(H,21,22,23). The van der Waals surface area contributed by atoms with E-state index in [1.165, 1.54) is 23.5 Å². The summed E-state index contributed by atoms with van der Waals surface area (Å²) in [4.78, 5) is 16.6. The first kappa shape index (κ1) is 15.8. The van der Waals surface area contributed by atoms with Crippen molar-refractivity contribution in [3.63, 3.8) is 0 Å². The molecule has 0 atom stereocenters. The molecule has 0 aliphatic carbocycles. The number of anilines is 1. The quantitative estimate of drug-likeness (QED) is 0.509. The molecule has 4 nitrogen and oxygen atoms in total. The Morgan fingerprint density at radius 3 is 2.72 bits per heavy atom. The Kier molecular flexibility index (Phi) is 3.99. The molecule has 0 saturated carbocycles. The normalized spacial score (nSPS) is 11.0. The van der Waals surface area contributed by atoms with Crippen molar-refractivity contribution >= 4 is 44.2 Å². The van der Waals surface area contributed by atoms with E-state index >= 15 is 0 Å². The molecule has 0 saturated heterocycles. The number of nitrogens with zero attached hydrogens (tertiary/aromatic N) is 1. The van der Waals surface area contributed by atoms with Crippen LogP contribution in [0.5, 0.6) is 0 Å². The second-order valence-electron chi connectivity index (χ2n) is 5.26. The van der Waals surface area contributed by atoms with Gasteiger partial charge in [-0.05, 0) is 54.6 Å². The number of thiazole rings is 1. The first-order chi connectivity index (χ1) is 12.1. The number of aromatic nitrogens is 1. The third-order valence-corrected chi connectivity index (χ3v) is 4.72. The van der Waals surface area contributed by atoms with Crippen molar-refractivity contribution in [2.45, 2.75) is 0 Å². The molecule has 0 bridgehead atoms. The number of hydrogen-bond acceptors (Lipinski definition) is 4. The zero-order valence-electron chi connectivity index (χ0n) is 12.6. The molecule has 0 spiro atoms. The van der Waals surface area contributed by atoms with Crippen molar-refractivity contribution in [1.82, 2.24) is 4.98 Å². The van der Waals surface area contributed by atoms with Gasteiger partial charge in [-0.3, -0.25) is 10.1 Å². The van der Waals surface area contributed by atoms with Crippen LogP contribution < -0.4 is 5.32 Å². The molecule has 0 aliphatic heterocycles. The second kappa shape index (κ2) is 6.31. The minimum atomic E-state index is -0.417. The van der Waals surface area contributed by atoms with Crippen molar-refractivity contribution in [1.29, 1.82) is 0 Å². The lowest BCUT2D eigenvalue weighted by Gasteiger charge is -1.99. The van der Waals surface area contributed by atoms with E-state index in [2.05, 4.69) is 10.3 Å². The fraction of sp³-hybridized carbons (Fsp3) is 0. The Labute approximate surface area is 150 Å². The summed E-state index contributed by atoms with van der Waals surface area (Å²) < 4.78 is 19.5. The summed E-state index contributed by atoms with van der Waals surface area (Å²) >= 11 is 7.06. The molecule has 2 aromatic carbocycles. The van der Waals surface area contributed by atoms with Crippen LogP contribution in [0.4, 0.5) is 9.52 Å². The van der Waals surface area contributed by atoms with Gasteiger partial charge >= 0.3 is 0 Å². The third-order valence-electron chi connectivity index (χ3n) is 3.53. The number of nitrogens with one attached hydrogen (secondary N) is 1. The van der Waals surface area contributed by atoms with Gasteiger partial charge in [0.05, 0.1) is 10.2 Å².